The summed E-state index contributed by atoms with van der Waals surface area (Å²) >= 11 is 0. The molecule has 2 aromatic carbocycles. The van der Waals surface area contributed by atoms with Crippen LogP contribution in [0.5, 0.6) is 11.5 Å². The van der Waals surface area contributed by atoms with E-state index in [2.05, 4.69) is 31.3 Å². The van der Waals surface area contributed by atoms with Gasteiger partial charge >= 0.3 is 0 Å². The van der Waals surface area contributed by atoms with Gasteiger partial charge in [0.15, 0.2) is 11.5 Å². The molecule has 2 aromatic rings. The fraction of sp³-hybridized carbons (Fsp3) is 0.458. The number of carbonyl (C=O) groups is 1. The van der Waals surface area contributed by atoms with Gasteiger partial charge in [0.05, 0.1) is 0 Å². The van der Waals surface area contributed by atoms with Crippen LogP contribution in [0.4, 0.5) is 0 Å². The van der Waals surface area contributed by atoms with Gasteiger partial charge in [0.1, 0.15) is 19.3 Å². The van der Waals surface area contributed by atoms with E-state index in [1.165, 1.54) is 0 Å². The minimum Gasteiger partial charge on any atom is -0.486 e. The minimum absolute atomic E-state index is 0.0163. The smallest absolute Gasteiger partial charge is 0.244 e. The van der Waals surface area contributed by atoms with Crippen LogP contribution in [0.25, 0.3) is 0 Å². The van der Waals surface area contributed by atoms with Crippen molar-refractivity contribution in [1.29, 1.82) is 0 Å². The normalized spacial score (nSPS) is 18.0. The number of amides is 1. The van der Waals surface area contributed by atoms with Crippen LogP contribution in [0.1, 0.15) is 49.9 Å². The Morgan fingerprint density at radius 1 is 0.931 bits per heavy atom. The lowest BCUT2D eigenvalue weighted by Crippen LogP contribution is -2.42. The lowest BCUT2D eigenvalue weighted by molar-refractivity contribution is -0.132. The minimum atomic E-state index is -0.366. The van der Waals surface area contributed by atoms with Crippen molar-refractivity contribution >= 4 is 5.91 Å². The average Bonchev–Trinajstić information content (AvgIpc) is 3.29. The molecule has 1 amide bonds. The first-order chi connectivity index (χ1) is 14.1. The molecular formula is C24H30N2O3. The van der Waals surface area contributed by atoms with Crippen LogP contribution in [0.15, 0.2) is 48.5 Å². The molecule has 0 spiro atoms. The van der Waals surface area contributed by atoms with Crippen molar-refractivity contribution in [2.24, 2.45) is 5.92 Å². The Labute approximate surface area is 173 Å². The SMILES string of the molecule is CC(C)[C@H](N[C@@H](C(=O)N1CCCC1)c1ccccc1)c1ccc2c(c1)OCCO2. The highest BCUT2D eigenvalue weighted by Gasteiger charge is 2.31. The number of fused-ring (bicyclic) bond motifs is 1. The Hall–Kier alpha value is -2.53. The van der Waals surface area contributed by atoms with Crippen molar-refractivity contribution in [2.75, 3.05) is 26.3 Å². The van der Waals surface area contributed by atoms with Gasteiger partial charge < -0.3 is 14.4 Å². The quantitative estimate of drug-likeness (QED) is 0.801. The monoisotopic (exact) mass is 394 g/mol. The van der Waals surface area contributed by atoms with Gasteiger partial charge in [-0.2, -0.15) is 0 Å². The number of nitrogens with one attached hydrogen (secondary N) is 1. The molecule has 0 radical (unpaired) electrons. The van der Waals surface area contributed by atoms with Gasteiger partial charge in [-0.3, -0.25) is 10.1 Å². The van der Waals surface area contributed by atoms with Crippen LogP contribution in [0.3, 0.4) is 0 Å². The number of nitrogens with zero attached hydrogens (tertiary/aromatic N) is 1. The molecule has 2 aliphatic heterocycles. The second-order valence-electron chi connectivity index (χ2n) is 8.17. The molecule has 1 N–H and O–H groups in total. The third kappa shape index (κ3) is 4.40. The maximum absolute atomic E-state index is 13.4. The summed E-state index contributed by atoms with van der Waals surface area (Å²) in [6.07, 6.45) is 2.17. The summed E-state index contributed by atoms with van der Waals surface area (Å²) in [4.78, 5) is 15.4. The standard InChI is InChI=1S/C24H30N2O3/c1-17(2)22(19-10-11-20-21(16-19)29-15-14-28-20)25-23(18-8-4-3-5-9-18)24(27)26-12-6-7-13-26/h3-5,8-11,16-17,22-23,25H,6-7,12-15H2,1-2H3/t22-,23+/m0/s1. The summed E-state index contributed by atoms with van der Waals surface area (Å²) in [7, 11) is 0. The maximum atomic E-state index is 13.4. The molecule has 4 rings (SSSR count). The van der Waals surface area contributed by atoms with Crippen molar-refractivity contribution in [3.63, 3.8) is 0 Å². The van der Waals surface area contributed by atoms with E-state index in [1.54, 1.807) is 0 Å². The number of hydrogen-bond acceptors (Lipinski definition) is 4. The third-order valence-corrected chi connectivity index (χ3v) is 5.74. The van der Waals surface area contributed by atoms with Crippen LogP contribution in [-0.4, -0.2) is 37.1 Å². The summed E-state index contributed by atoms with van der Waals surface area (Å²) < 4.78 is 11.5. The van der Waals surface area contributed by atoms with E-state index in [0.29, 0.717) is 19.1 Å². The zero-order valence-corrected chi connectivity index (χ0v) is 17.3. The molecule has 0 saturated carbocycles. The number of hydrogen-bond donors (Lipinski definition) is 1. The zero-order chi connectivity index (χ0) is 20.2. The maximum Gasteiger partial charge on any atom is 0.244 e. The predicted molar refractivity (Wildman–Crippen MR) is 113 cm³/mol. The fourth-order valence-corrected chi connectivity index (χ4v) is 4.18. The number of likely N-dealkylation sites (tertiary alicyclic amines) is 1. The fourth-order valence-electron chi connectivity index (χ4n) is 4.18. The van der Waals surface area contributed by atoms with E-state index in [-0.39, 0.29) is 18.0 Å². The van der Waals surface area contributed by atoms with E-state index >= 15 is 0 Å². The summed E-state index contributed by atoms with van der Waals surface area (Å²) in [5.74, 6) is 2.03. The van der Waals surface area contributed by atoms with E-state index in [4.69, 9.17) is 9.47 Å². The van der Waals surface area contributed by atoms with Gasteiger partial charge in [0, 0.05) is 19.1 Å². The summed E-state index contributed by atoms with van der Waals surface area (Å²) in [5.41, 5.74) is 2.12. The first-order valence-electron chi connectivity index (χ1n) is 10.6. The molecule has 1 fully saturated rings. The molecule has 2 atom stereocenters. The van der Waals surface area contributed by atoms with Crippen LogP contribution in [-0.2, 0) is 4.79 Å². The lowest BCUT2D eigenvalue weighted by Gasteiger charge is -2.31. The third-order valence-electron chi connectivity index (χ3n) is 5.74. The van der Waals surface area contributed by atoms with Crippen LogP contribution in [0, 0.1) is 5.92 Å². The van der Waals surface area contributed by atoms with E-state index in [9.17, 15) is 4.79 Å². The van der Waals surface area contributed by atoms with Gasteiger partial charge in [-0.15, -0.1) is 0 Å². The second kappa shape index (κ2) is 8.87. The summed E-state index contributed by atoms with van der Waals surface area (Å²) in [6.45, 7) is 7.20. The largest absolute Gasteiger partial charge is 0.486 e. The molecule has 0 aliphatic carbocycles. The molecule has 5 nitrogen and oxygen atoms in total. The Kier molecular flexibility index (Phi) is 6.05. The molecule has 0 bridgehead atoms. The lowest BCUT2D eigenvalue weighted by atomic mass is 9.93. The van der Waals surface area contributed by atoms with Crippen molar-refractivity contribution in [3.8, 4) is 11.5 Å². The van der Waals surface area contributed by atoms with Gasteiger partial charge in [0.2, 0.25) is 5.91 Å². The molecule has 154 valence electrons. The van der Waals surface area contributed by atoms with E-state index < -0.39 is 0 Å². The zero-order valence-electron chi connectivity index (χ0n) is 17.3. The van der Waals surface area contributed by atoms with Gasteiger partial charge in [0.25, 0.3) is 0 Å². The predicted octanol–water partition coefficient (Wildman–Crippen LogP) is 4.11. The second-order valence-corrected chi connectivity index (χ2v) is 8.17. The number of ether oxygens (including phenoxy) is 2. The molecule has 2 aliphatic rings. The van der Waals surface area contributed by atoms with Gasteiger partial charge in [-0.25, -0.2) is 0 Å². The molecule has 29 heavy (non-hydrogen) atoms. The van der Waals surface area contributed by atoms with Gasteiger partial charge in [-0.05, 0) is 42.0 Å². The topological polar surface area (TPSA) is 50.8 Å². The Morgan fingerprint density at radius 2 is 1.62 bits per heavy atom. The van der Waals surface area contributed by atoms with Crippen molar-refractivity contribution < 1.29 is 14.3 Å². The Morgan fingerprint density at radius 3 is 2.31 bits per heavy atom. The first-order valence-corrected chi connectivity index (χ1v) is 10.6. The van der Waals surface area contributed by atoms with Crippen LogP contribution < -0.4 is 14.8 Å². The van der Waals surface area contributed by atoms with Crippen LogP contribution in [0.2, 0.25) is 0 Å². The number of rotatable bonds is 6. The van der Waals surface area contributed by atoms with Crippen molar-refractivity contribution in [2.45, 2.75) is 38.8 Å². The van der Waals surface area contributed by atoms with E-state index in [0.717, 1.165) is 48.6 Å². The van der Waals surface area contributed by atoms with Gasteiger partial charge in [-0.1, -0.05) is 50.2 Å². The molecule has 1 saturated heterocycles. The molecule has 2 heterocycles. The first kappa shape index (κ1) is 19.8. The molecular weight excluding hydrogens is 364 g/mol. The number of benzene rings is 2. The highest BCUT2D eigenvalue weighted by molar-refractivity contribution is 5.83. The Balaban J connectivity index is 1.63. The Bertz CT molecular complexity index is 831. The molecule has 5 heteroatoms. The summed E-state index contributed by atoms with van der Waals surface area (Å²) in [6, 6.07) is 15.8. The highest BCUT2D eigenvalue weighted by Crippen LogP contribution is 2.35. The average molecular weight is 395 g/mol. The van der Waals surface area contributed by atoms with Crippen molar-refractivity contribution in [3.05, 3.63) is 59.7 Å². The summed E-state index contributed by atoms with van der Waals surface area (Å²) in [5, 5.41) is 3.68. The van der Waals surface area contributed by atoms with Crippen molar-refractivity contribution in [1.82, 2.24) is 10.2 Å². The van der Waals surface area contributed by atoms with E-state index in [1.807, 2.05) is 41.3 Å². The van der Waals surface area contributed by atoms with Crippen LogP contribution >= 0.6 is 0 Å². The molecule has 0 aromatic heterocycles. The molecule has 0 unspecified atom stereocenters. The highest BCUT2D eigenvalue weighted by atomic mass is 16.6. The number of carbonyl (C=O) groups excluding carboxylic acids is 1.